The summed E-state index contributed by atoms with van der Waals surface area (Å²) in [5.74, 6) is 0.121. The van der Waals surface area contributed by atoms with Gasteiger partial charge in [0.15, 0.2) is 0 Å². The molecule has 1 aliphatic rings. The molecule has 0 saturated carbocycles. The molecule has 0 bridgehead atoms. The van der Waals surface area contributed by atoms with Crippen LogP contribution in [0.4, 0.5) is 0 Å². The molecule has 1 amide bonds. The van der Waals surface area contributed by atoms with E-state index in [4.69, 9.17) is 5.73 Å². The fraction of sp³-hybridized carbons (Fsp3) is 0.615. The first-order chi connectivity index (χ1) is 8.15. The van der Waals surface area contributed by atoms with Gasteiger partial charge in [0.2, 0.25) is 0 Å². The summed E-state index contributed by atoms with van der Waals surface area (Å²) in [5.41, 5.74) is 7.62. The molecule has 4 nitrogen and oxygen atoms in total. The maximum Gasteiger partial charge on any atom is 0.270 e. The molecule has 0 aliphatic carbocycles. The number of rotatable bonds is 2. The van der Waals surface area contributed by atoms with Crippen LogP contribution in [-0.2, 0) is 7.05 Å². The van der Waals surface area contributed by atoms with Gasteiger partial charge in [0, 0.05) is 31.9 Å². The molecule has 1 aliphatic heterocycles. The van der Waals surface area contributed by atoms with Crippen LogP contribution in [0, 0.1) is 6.92 Å². The summed E-state index contributed by atoms with van der Waals surface area (Å²) >= 11 is 0. The van der Waals surface area contributed by atoms with E-state index in [1.807, 2.05) is 35.6 Å². The maximum absolute atomic E-state index is 12.5. The van der Waals surface area contributed by atoms with Crippen molar-refractivity contribution in [2.75, 3.05) is 13.1 Å². The Bertz CT molecular complexity index is 411. The Morgan fingerprint density at radius 1 is 1.47 bits per heavy atom. The molecule has 0 spiro atoms. The van der Waals surface area contributed by atoms with Gasteiger partial charge in [-0.05, 0) is 38.3 Å². The van der Waals surface area contributed by atoms with Crippen molar-refractivity contribution in [2.45, 2.75) is 32.2 Å². The number of nitrogens with zero attached hydrogens (tertiary/aromatic N) is 2. The second-order valence-corrected chi connectivity index (χ2v) is 4.80. The van der Waals surface area contributed by atoms with Gasteiger partial charge in [0.25, 0.3) is 5.91 Å². The second-order valence-electron chi connectivity index (χ2n) is 4.80. The van der Waals surface area contributed by atoms with Crippen LogP contribution in [0.3, 0.4) is 0 Å². The first kappa shape index (κ1) is 12.2. The number of aryl methyl sites for hydroxylation is 1. The van der Waals surface area contributed by atoms with E-state index in [1.54, 1.807) is 0 Å². The molecule has 94 valence electrons. The average Bonchev–Trinajstić information content (AvgIpc) is 2.69. The smallest absolute Gasteiger partial charge is 0.270 e. The summed E-state index contributed by atoms with van der Waals surface area (Å²) in [7, 11) is 1.93. The van der Waals surface area contributed by atoms with Gasteiger partial charge in [-0.3, -0.25) is 4.79 Å². The summed E-state index contributed by atoms with van der Waals surface area (Å²) in [5, 5.41) is 0. The highest BCUT2D eigenvalue weighted by atomic mass is 16.2. The van der Waals surface area contributed by atoms with Crippen LogP contribution < -0.4 is 5.73 Å². The Balaban J connectivity index is 2.21. The highest BCUT2D eigenvalue weighted by Crippen LogP contribution is 2.19. The van der Waals surface area contributed by atoms with E-state index in [9.17, 15) is 4.79 Å². The minimum atomic E-state index is 0.121. The molecule has 17 heavy (non-hydrogen) atoms. The number of likely N-dealkylation sites (tertiary alicyclic amines) is 1. The van der Waals surface area contributed by atoms with Crippen LogP contribution in [0.25, 0.3) is 0 Å². The van der Waals surface area contributed by atoms with Crippen LogP contribution in [0.2, 0.25) is 0 Å². The molecule has 1 atom stereocenters. The number of hydrogen-bond acceptors (Lipinski definition) is 2. The Labute approximate surface area is 102 Å². The molecule has 1 aromatic rings. The molecular weight excluding hydrogens is 214 g/mol. The molecular formula is C13H21N3O. The lowest BCUT2D eigenvalue weighted by atomic mass is 10.0. The molecule has 0 aromatic carbocycles. The number of hydrogen-bond donors (Lipinski definition) is 1. The molecule has 2 rings (SSSR count). The van der Waals surface area contributed by atoms with E-state index >= 15 is 0 Å². The van der Waals surface area contributed by atoms with Crippen LogP contribution in [-0.4, -0.2) is 34.5 Å². The molecule has 1 saturated heterocycles. The monoisotopic (exact) mass is 235 g/mol. The Morgan fingerprint density at radius 3 is 2.82 bits per heavy atom. The van der Waals surface area contributed by atoms with E-state index < -0.39 is 0 Å². The number of carbonyl (C=O) groups is 1. The van der Waals surface area contributed by atoms with Crippen molar-refractivity contribution >= 4 is 5.91 Å². The Hall–Kier alpha value is -1.29. The summed E-state index contributed by atoms with van der Waals surface area (Å²) in [6.45, 7) is 3.41. The fourth-order valence-corrected chi connectivity index (χ4v) is 2.49. The minimum absolute atomic E-state index is 0.121. The Morgan fingerprint density at radius 2 is 2.24 bits per heavy atom. The summed E-state index contributed by atoms with van der Waals surface area (Å²) in [6.07, 6.45) is 3.30. The topological polar surface area (TPSA) is 51.3 Å². The highest BCUT2D eigenvalue weighted by Gasteiger charge is 2.27. The predicted molar refractivity (Wildman–Crippen MR) is 67.9 cm³/mol. The molecule has 1 unspecified atom stereocenters. The first-order valence-corrected chi connectivity index (χ1v) is 6.28. The van der Waals surface area contributed by atoms with E-state index in [1.165, 1.54) is 6.42 Å². The molecule has 0 radical (unpaired) electrons. The minimum Gasteiger partial charge on any atom is -0.344 e. The zero-order chi connectivity index (χ0) is 12.4. The molecule has 2 N–H and O–H groups in total. The van der Waals surface area contributed by atoms with Crippen molar-refractivity contribution in [3.8, 4) is 0 Å². The van der Waals surface area contributed by atoms with Crippen molar-refractivity contribution in [3.05, 3.63) is 23.5 Å². The first-order valence-electron chi connectivity index (χ1n) is 6.28. The van der Waals surface area contributed by atoms with Gasteiger partial charge in [-0.15, -0.1) is 0 Å². The van der Waals surface area contributed by atoms with Gasteiger partial charge in [-0.1, -0.05) is 0 Å². The van der Waals surface area contributed by atoms with Crippen molar-refractivity contribution in [2.24, 2.45) is 12.8 Å². The SMILES string of the molecule is Cc1ccc(C(=O)N2CCCCC2CN)n1C. The normalized spacial score (nSPS) is 20.6. The summed E-state index contributed by atoms with van der Waals surface area (Å²) < 4.78 is 1.95. The number of nitrogens with two attached hydrogens (primary N) is 1. The van der Waals surface area contributed by atoms with E-state index in [0.717, 1.165) is 30.8 Å². The lowest BCUT2D eigenvalue weighted by Crippen LogP contribution is -2.47. The number of carbonyl (C=O) groups excluding carboxylic acids is 1. The number of amides is 1. The molecule has 1 aromatic heterocycles. The van der Waals surface area contributed by atoms with E-state index in [2.05, 4.69) is 0 Å². The third-order valence-electron chi connectivity index (χ3n) is 3.75. The van der Waals surface area contributed by atoms with Crippen LogP contribution >= 0.6 is 0 Å². The predicted octanol–water partition coefficient (Wildman–Crippen LogP) is 1.29. The molecule has 4 heteroatoms. The third-order valence-corrected chi connectivity index (χ3v) is 3.75. The van der Waals surface area contributed by atoms with Gasteiger partial charge >= 0.3 is 0 Å². The summed E-state index contributed by atoms with van der Waals surface area (Å²) in [6, 6.07) is 4.10. The zero-order valence-corrected chi connectivity index (χ0v) is 10.6. The zero-order valence-electron chi connectivity index (χ0n) is 10.6. The molecule has 2 heterocycles. The third kappa shape index (κ3) is 2.22. The van der Waals surface area contributed by atoms with Crippen LogP contribution in [0.15, 0.2) is 12.1 Å². The van der Waals surface area contributed by atoms with E-state index in [-0.39, 0.29) is 11.9 Å². The fourth-order valence-electron chi connectivity index (χ4n) is 2.49. The lowest BCUT2D eigenvalue weighted by Gasteiger charge is -2.35. The largest absolute Gasteiger partial charge is 0.344 e. The van der Waals surface area contributed by atoms with E-state index in [0.29, 0.717) is 6.54 Å². The average molecular weight is 235 g/mol. The quantitative estimate of drug-likeness (QED) is 0.839. The van der Waals surface area contributed by atoms with Crippen LogP contribution in [0.1, 0.15) is 35.4 Å². The van der Waals surface area contributed by atoms with Gasteiger partial charge in [-0.2, -0.15) is 0 Å². The number of piperidine rings is 1. The standard InChI is InChI=1S/C13H21N3O/c1-10-6-7-12(15(10)2)13(17)16-8-4-3-5-11(16)9-14/h6-7,11H,3-5,8-9,14H2,1-2H3. The Kier molecular flexibility index (Phi) is 3.52. The van der Waals surface area contributed by atoms with Gasteiger partial charge in [-0.25, -0.2) is 0 Å². The van der Waals surface area contributed by atoms with Crippen molar-refractivity contribution in [3.63, 3.8) is 0 Å². The van der Waals surface area contributed by atoms with Gasteiger partial charge in [0.1, 0.15) is 5.69 Å². The highest BCUT2D eigenvalue weighted by molar-refractivity contribution is 5.93. The van der Waals surface area contributed by atoms with Crippen LogP contribution in [0.5, 0.6) is 0 Å². The number of aromatic nitrogens is 1. The maximum atomic E-state index is 12.5. The second kappa shape index (κ2) is 4.92. The van der Waals surface area contributed by atoms with Gasteiger partial charge in [0.05, 0.1) is 0 Å². The molecule has 1 fully saturated rings. The van der Waals surface area contributed by atoms with Crippen molar-refractivity contribution in [1.29, 1.82) is 0 Å². The summed E-state index contributed by atoms with van der Waals surface area (Å²) in [4.78, 5) is 14.4. The lowest BCUT2D eigenvalue weighted by molar-refractivity contribution is 0.0613. The van der Waals surface area contributed by atoms with Crippen molar-refractivity contribution < 1.29 is 4.79 Å². The van der Waals surface area contributed by atoms with Gasteiger partial charge < -0.3 is 15.2 Å². The van der Waals surface area contributed by atoms with Crippen molar-refractivity contribution in [1.82, 2.24) is 9.47 Å².